The lowest BCUT2D eigenvalue weighted by Crippen LogP contribution is -2.48. The first kappa shape index (κ1) is 12.5. The van der Waals surface area contributed by atoms with Crippen LogP contribution in [0.3, 0.4) is 0 Å². The molecule has 0 unspecified atom stereocenters. The minimum absolute atomic E-state index is 0.0250. The van der Waals surface area contributed by atoms with Gasteiger partial charge in [0.15, 0.2) is 5.78 Å². The summed E-state index contributed by atoms with van der Waals surface area (Å²) in [6.07, 6.45) is 1.72. The van der Waals surface area contributed by atoms with Crippen LogP contribution in [0, 0.1) is 0 Å². The Hall–Kier alpha value is -1.91. The maximum absolute atomic E-state index is 11.2. The van der Waals surface area contributed by atoms with E-state index >= 15 is 0 Å². The maximum atomic E-state index is 11.2. The summed E-state index contributed by atoms with van der Waals surface area (Å²) in [5.74, 6) is 0.0997. The van der Waals surface area contributed by atoms with Crippen LogP contribution in [0.1, 0.15) is 24.3 Å². The topological polar surface area (TPSA) is 53.5 Å². The van der Waals surface area contributed by atoms with Crippen LogP contribution < -0.4 is 4.90 Å². The molecule has 0 N–H and O–H groups in total. The van der Waals surface area contributed by atoms with Gasteiger partial charge in [-0.3, -0.25) is 14.6 Å². The number of nitrogens with zero attached hydrogens (tertiary/aromatic N) is 3. The van der Waals surface area contributed by atoms with Gasteiger partial charge in [0.05, 0.1) is 11.9 Å². The Labute approximate surface area is 106 Å². The molecule has 96 valence electrons. The lowest BCUT2D eigenvalue weighted by atomic mass is 10.2. The monoisotopic (exact) mass is 247 g/mol. The second-order valence-electron chi connectivity index (χ2n) is 4.45. The van der Waals surface area contributed by atoms with Crippen molar-refractivity contribution in [1.82, 2.24) is 9.88 Å². The number of hydrogen-bond acceptors (Lipinski definition) is 4. The molecular formula is C13H17N3O2. The number of pyridine rings is 1. The molecule has 0 bridgehead atoms. The molecule has 1 aliphatic rings. The van der Waals surface area contributed by atoms with Crippen molar-refractivity contribution in [2.75, 3.05) is 31.1 Å². The van der Waals surface area contributed by atoms with Crippen LogP contribution in [0.2, 0.25) is 0 Å². The van der Waals surface area contributed by atoms with E-state index in [4.69, 9.17) is 0 Å². The molecule has 2 heterocycles. The van der Waals surface area contributed by atoms with Gasteiger partial charge in [0.2, 0.25) is 5.91 Å². The predicted molar refractivity (Wildman–Crippen MR) is 68.7 cm³/mol. The highest BCUT2D eigenvalue weighted by molar-refractivity contribution is 5.92. The molecule has 5 nitrogen and oxygen atoms in total. The van der Waals surface area contributed by atoms with Gasteiger partial charge < -0.3 is 9.80 Å². The Morgan fingerprint density at radius 1 is 1.11 bits per heavy atom. The second kappa shape index (κ2) is 5.16. The fourth-order valence-electron chi connectivity index (χ4n) is 2.06. The lowest BCUT2D eigenvalue weighted by Gasteiger charge is -2.35. The van der Waals surface area contributed by atoms with E-state index in [0.717, 1.165) is 31.9 Å². The smallest absolute Gasteiger partial charge is 0.219 e. The number of ketones is 1. The van der Waals surface area contributed by atoms with Crippen molar-refractivity contribution < 1.29 is 9.59 Å². The zero-order valence-electron chi connectivity index (χ0n) is 10.7. The molecular weight excluding hydrogens is 230 g/mol. The molecule has 1 amide bonds. The minimum Gasteiger partial charge on any atom is -0.367 e. The van der Waals surface area contributed by atoms with E-state index in [0.29, 0.717) is 5.69 Å². The van der Waals surface area contributed by atoms with Crippen molar-refractivity contribution >= 4 is 17.4 Å². The third-order valence-corrected chi connectivity index (χ3v) is 3.20. The molecule has 5 heteroatoms. The first-order valence-electron chi connectivity index (χ1n) is 6.05. The van der Waals surface area contributed by atoms with Crippen LogP contribution in [0.15, 0.2) is 18.3 Å². The Kier molecular flexibility index (Phi) is 3.60. The largest absolute Gasteiger partial charge is 0.367 e. The summed E-state index contributed by atoms with van der Waals surface area (Å²) in [5, 5.41) is 0. The SMILES string of the molecule is CC(=O)c1ccc(N2CCN(C(C)=O)CC2)cn1. The Morgan fingerprint density at radius 2 is 1.78 bits per heavy atom. The summed E-state index contributed by atoms with van der Waals surface area (Å²) >= 11 is 0. The van der Waals surface area contributed by atoms with Gasteiger partial charge >= 0.3 is 0 Å². The first-order chi connectivity index (χ1) is 8.58. The third-order valence-electron chi connectivity index (χ3n) is 3.20. The van der Waals surface area contributed by atoms with E-state index in [1.54, 1.807) is 19.2 Å². The van der Waals surface area contributed by atoms with E-state index in [1.165, 1.54) is 6.92 Å². The number of carbonyl (C=O) groups excluding carboxylic acids is 2. The maximum Gasteiger partial charge on any atom is 0.219 e. The van der Waals surface area contributed by atoms with Crippen LogP contribution >= 0.6 is 0 Å². The van der Waals surface area contributed by atoms with E-state index in [2.05, 4.69) is 9.88 Å². The summed E-state index contributed by atoms with van der Waals surface area (Å²) in [5.41, 5.74) is 1.49. The van der Waals surface area contributed by atoms with Crippen LogP contribution in [-0.2, 0) is 4.79 Å². The highest BCUT2D eigenvalue weighted by Crippen LogP contribution is 2.15. The summed E-state index contributed by atoms with van der Waals surface area (Å²) < 4.78 is 0. The Balaban J connectivity index is 2.01. The molecule has 2 rings (SSSR count). The van der Waals surface area contributed by atoms with Gasteiger partial charge in [-0.1, -0.05) is 0 Å². The zero-order valence-corrected chi connectivity index (χ0v) is 10.7. The van der Waals surface area contributed by atoms with Crippen molar-refractivity contribution in [3.8, 4) is 0 Å². The fourth-order valence-corrected chi connectivity index (χ4v) is 2.06. The molecule has 1 fully saturated rings. The fraction of sp³-hybridized carbons (Fsp3) is 0.462. The predicted octanol–water partition coefficient (Wildman–Crippen LogP) is 0.953. The standard InChI is InChI=1S/C13H17N3O2/c1-10(17)13-4-3-12(9-14-13)16-7-5-15(6-8-16)11(2)18/h3-4,9H,5-8H2,1-2H3. The number of carbonyl (C=O) groups is 2. The van der Waals surface area contributed by atoms with Crippen molar-refractivity contribution in [1.29, 1.82) is 0 Å². The van der Waals surface area contributed by atoms with Crippen LogP contribution in [0.25, 0.3) is 0 Å². The van der Waals surface area contributed by atoms with Crippen molar-refractivity contribution in [3.63, 3.8) is 0 Å². The summed E-state index contributed by atoms with van der Waals surface area (Å²) in [7, 11) is 0. The van der Waals surface area contributed by atoms with Gasteiger partial charge in [0, 0.05) is 40.0 Å². The highest BCUT2D eigenvalue weighted by Gasteiger charge is 2.18. The van der Waals surface area contributed by atoms with E-state index in [-0.39, 0.29) is 11.7 Å². The summed E-state index contributed by atoms with van der Waals surface area (Å²) in [6.45, 7) is 6.20. The number of aromatic nitrogens is 1. The Morgan fingerprint density at radius 3 is 2.22 bits per heavy atom. The number of amides is 1. The van der Waals surface area contributed by atoms with Crippen LogP contribution in [0.4, 0.5) is 5.69 Å². The summed E-state index contributed by atoms with van der Waals surface area (Å²) in [4.78, 5) is 30.5. The van der Waals surface area contributed by atoms with E-state index < -0.39 is 0 Å². The molecule has 0 saturated carbocycles. The number of piperazine rings is 1. The lowest BCUT2D eigenvalue weighted by molar-refractivity contribution is -0.129. The quantitative estimate of drug-likeness (QED) is 0.730. The van der Waals surface area contributed by atoms with Crippen molar-refractivity contribution in [2.45, 2.75) is 13.8 Å². The molecule has 1 saturated heterocycles. The summed E-state index contributed by atoms with van der Waals surface area (Å²) in [6, 6.07) is 3.65. The van der Waals surface area contributed by atoms with Crippen molar-refractivity contribution in [2.24, 2.45) is 0 Å². The number of Topliss-reactive ketones (excluding diaryl/α,β-unsaturated/α-hetero) is 1. The molecule has 0 spiro atoms. The van der Waals surface area contributed by atoms with Gasteiger partial charge in [-0.25, -0.2) is 0 Å². The molecule has 0 atom stereocenters. The molecule has 0 aromatic carbocycles. The Bertz CT molecular complexity index is 448. The molecule has 0 radical (unpaired) electrons. The third kappa shape index (κ3) is 2.67. The number of rotatable bonds is 2. The molecule has 1 aliphatic heterocycles. The van der Waals surface area contributed by atoms with Gasteiger partial charge in [-0.2, -0.15) is 0 Å². The van der Waals surface area contributed by atoms with Gasteiger partial charge in [-0.15, -0.1) is 0 Å². The first-order valence-corrected chi connectivity index (χ1v) is 6.05. The normalized spacial score (nSPS) is 15.7. The molecule has 18 heavy (non-hydrogen) atoms. The van der Waals surface area contributed by atoms with E-state index in [1.807, 2.05) is 11.0 Å². The van der Waals surface area contributed by atoms with Crippen LogP contribution in [-0.4, -0.2) is 47.8 Å². The number of anilines is 1. The van der Waals surface area contributed by atoms with Crippen LogP contribution in [0.5, 0.6) is 0 Å². The van der Waals surface area contributed by atoms with Crippen molar-refractivity contribution in [3.05, 3.63) is 24.0 Å². The molecule has 1 aromatic rings. The highest BCUT2D eigenvalue weighted by atomic mass is 16.2. The zero-order chi connectivity index (χ0) is 13.1. The second-order valence-corrected chi connectivity index (χ2v) is 4.45. The molecule has 1 aromatic heterocycles. The average Bonchev–Trinajstić information content (AvgIpc) is 2.39. The van der Waals surface area contributed by atoms with Gasteiger partial charge in [0.1, 0.15) is 5.69 Å². The molecule has 0 aliphatic carbocycles. The average molecular weight is 247 g/mol. The van der Waals surface area contributed by atoms with Gasteiger partial charge in [0.25, 0.3) is 0 Å². The van der Waals surface area contributed by atoms with E-state index in [9.17, 15) is 9.59 Å². The number of hydrogen-bond donors (Lipinski definition) is 0. The van der Waals surface area contributed by atoms with Gasteiger partial charge in [-0.05, 0) is 12.1 Å². The minimum atomic E-state index is -0.0250.